The molecule has 0 saturated heterocycles. The van der Waals surface area contributed by atoms with Gasteiger partial charge in [-0.05, 0) is 43.4 Å². The Hall–Kier alpha value is -1.59. The lowest BCUT2D eigenvalue weighted by atomic mass is 10.0. The number of ether oxygens (including phenoxy) is 1. The summed E-state index contributed by atoms with van der Waals surface area (Å²) in [7, 11) is 0. The average Bonchev–Trinajstić information content (AvgIpc) is 3.26. The SMILES string of the molecule is CCCOc1nc(N)nc(NCC2(C3CC3)CC2)n1. The molecule has 3 rings (SSSR count). The Morgan fingerprint density at radius 3 is 2.74 bits per heavy atom. The van der Waals surface area contributed by atoms with E-state index in [2.05, 4.69) is 20.3 Å². The van der Waals surface area contributed by atoms with Crippen molar-refractivity contribution in [2.45, 2.75) is 39.0 Å². The zero-order chi connectivity index (χ0) is 13.3. The molecule has 104 valence electrons. The van der Waals surface area contributed by atoms with Crippen LogP contribution < -0.4 is 15.8 Å². The second kappa shape index (κ2) is 4.83. The zero-order valence-corrected chi connectivity index (χ0v) is 11.4. The van der Waals surface area contributed by atoms with E-state index in [1.165, 1.54) is 25.7 Å². The summed E-state index contributed by atoms with van der Waals surface area (Å²) in [5, 5.41) is 3.30. The van der Waals surface area contributed by atoms with E-state index in [1.54, 1.807) is 0 Å². The van der Waals surface area contributed by atoms with Crippen molar-refractivity contribution in [3.8, 4) is 6.01 Å². The van der Waals surface area contributed by atoms with Crippen LogP contribution in [0, 0.1) is 11.3 Å². The van der Waals surface area contributed by atoms with Crippen LogP contribution in [-0.4, -0.2) is 28.1 Å². The first-order chi connectivity index (χ1) is 9.22. The van der Waals surface area contributed by atoms with Crippen LogP contribution in [0.15, 0.2) is 0 Å². The summed E-state index contributed by atoms with van der Waals surface area (Å²) in [5.74, 6) is 1.65. The van der Waals surface area contributed by atoms with Crippen molar-refractivity contribution in [3.63, 3.8) is 0 Å². The number of nitrogens with two attached hydrogens (primary N) is 1. The summed E-state index contributed by atoms with van der Waals surface area (Å²) in [6.07, 6.45) is 6.33. The number of aromatic nitrogens is 3. The minimum absolute atomic E-state index is 0.208. The van der Waals surface area contributed by atoms with Crippen LogP contribution >= 0.6 is 0 Å². The minimum Gasteiger partial charge on any atom is -0.463 e. The number of hydrogen-bond donors (Lipinski definition) is 2. The van der Waals surface area contributed by atoms with Crippen LogP contribution in [-0.2, 0) is 0 Å². The van der Waals surface area contributed by atoms with Crippen molar-refractivity contribution in [3.05, 3.63) is 0 Å². The van der Waals surface area contributed by atoms with Gasteiger partial charge in [0.25, 0.3) is 0 Å². The fraction of sp³-hybridized carbons (Fsp3) is 0.769. The van der Waals surface area contributed by atoms with Gasteiger partial charge in [0.2, 0.25) is 11.9 Å². The summed E-state index contributed by atoms with van der Waals surface area (Å²) in [5.41, 5.74) is 6.18. The molecule has 0 aliphatic heterocycles. The normalized spacial score (nSPS) is 20.1. The highest BCUT2D eigenvalue weighted by molar-refractivity contribution is 5.33. The molecular weight excluding hydrogens is 242 g/mol. The van der Waals surface area contributed by atoms with Crippen LogP contribution in [0.5, 0.6) is 6.01 Å². The van der Waals surface area contributed by atoms with Gasteiger partial charge in [-0.25, -0.2) is 0 Å². The summed E-state index contributed by atoms with van der Waals surface area (Å²) in [4.78, 5) is 12.3. The maximum Gasteiger partial charge on any atom is 0.323 e. The number of nitrogens with zero attached hydrogens (tertiary/aromatic N) is 3. The molecule has 1 aromatic rings. The Morgan fingerprint density at radius 2 is 2.11 bits per heavy atom. The standard InChI is InChI=1S/C13H21N5O/c1-2-7-19-12-17-10(14)16-11(18-12)15-8-13(5-6-13)9-3-4-9/h9H,2-8H2,1H3,(H3,14,15,16,17,18). The molecule has 2 aliphatic carbocycles. The molecule has 2 fully saturated rings. The van der Waals surface area contributed by atoms with Gasteiger partial charge in [0.15, 0.2) is 0 Å². The molecule has 2 aliphatic rings. The van der Waals surface area contributed by atoms with Crippen molar-refractivity contribution in [2.24, 2.45) is 11.3 Å². The van der Waals surface area contributed by atoms with Gasteiger partial charge >= 0.3 is 6.01 Å². The van der Waals surface area contributed by atoms with E-state index >= 15 is 0 Å². The molecule has 0 unspecified atom stereocenters. The highest BCUT2D eigenvalue weighted by Gasteiger charge is 2.53. The first kappa shape index (κ1) is 12.4. The van der Waals surface area contributed by atoms with Crippen LogP contribution in [0.3, 0.4) is 0 Å². The minimum atomic E-state index is 0.208. The average molecular weight is 263 g/mol. The van der Waals surface area contributed by atoms with Crippen molar-refractivity contribution in [2.75, 3.05) is 24.2 Å². The smallest absolute Gasteiger partial charge is 0.323 e. The topological polar surface area (TPSA) is 86.0 Å². The van der Waals surface area contributed by atoms with Crippen molar-refractivity contribution < 1.29 is 4.74 Å². The highest BCUT2D eigenvalue weighted by atomic mass is 16.5. The maximum absolute atomic E-state index is 5.68. The summed E-state index contributed by atoms with van der Waals surface area (Å²) < 4.78 is 5.40. The molecule has 0 radical (unpaired) electrons. The predicted molar refractivity (Wildman–Crippen MR) is 72.9 cm³/mol. The van der Waals surface area contributed by atoms with E-state index in [4.69, 9.17) is 10.5 Å². The first-order valence-electron chi connectivity index (χ1n) is 7.10. The molecule has 0 spiro atoms. The maximum atomic E-state index is 5.68. The van der Waals surface area contributed by atoms with Gasteiger partial charge in [-0.15, -0.1) is 0 Å². The second-order valence-corrected chi connectivity index (χ2v) is 5.64. The second-order valence-electron chi connectivity index (χ2n) is 5.64. The van der Waals surface area contributed by atoms with E-state index in [9.17, 15) is 0 Å². The summed E-state index contributed by atoms with van der Waals surface area (Å²) in [6, 6.07) is 0.313. The zero-order valence-electron chi connectivity index (χ0n) is 11.4. The Labute approximate surface area is 113 Å². The predicted octanol–water partition coefficient (Wildman–Crippen LogP) is 1.84. The number of rotatable bonds is 7. The van der Waals surface area contributed by atoms with Crippen LogP contribution in [0.4, 0.5) is 11.9 Å². The van der Waals surface area contributed by atoms with Gasteiger partial charge in [0.1, 0.15) is 0 Å². The first-order valence-corrected chi connectivity index (χ1v) is 7.10. The Morgan fingerprint density at radius 1 is 1.32 bits per heavy atom. The lowest BCUT2D eigenvalue weighted by Crippen LogP contribution is -2.19. The van der Waals surface area contributed by atoms with Crippen molar-refractivity contribution in [1.29, 1.82) is 0 Å². The summed E-state index contributed by atoms with van der Waals surface area (Å²) in [6.45, 7) is 3.57. The molecule has 0 aromatic carbocycles. The Kier molecular flexibility index (Phi) is 3.16. The molecule has 0 atom stereocenters. The molecular formula is C13H21N5O. The molecule has 1 heterocycles. The van der Waals surface area contributed by atoms with Gasteiger partial charge in [-0.2, -0.15) is 15.0 Å². The van der Waals surface area contributed by atoms with Gasteiger partial charge in [-0.1, -0.05) is 6.92 Å². The molecule has 6 nitrogen and oxygen atoms in total. The molecule has 2 saturated carbocycles. The number of anilines is 2. The summed E-state index contributed by atoms with van der Waals surface area (Å²) >= 11 is 0. The van der Waals surface area contributed by atoms with Gasteiger partial charge in [0, 0.05) is 6.54 Å². The fourth-order valence-electron chi connectivity index (χ4n) is 2.55. The number of nitrogens with one attached hydrogen (secondary N) is 1. The van der Waals surface area contributed by atoms with Gasteiger partial charge in [0.05, 0.1) is 6.61 Å². The molecule has 0 bridgehead atoms. The Balaban J connectivity index is 1.61. The van der Waals surface area contributed by atoms with Crippen LogP contribution in [0.2, 0.25) is 0 Å². The van der Waals surface area contributed by atoms with E-state index < -0.39 is 0 Å². The monoisotopic (exact) mass is 263 g/mol. The number of nitrogen functional groups attached to an aromatic ring is 1. The number of hydrogen-bond acceptors (Lipinski definition) is 6. The molecule has 0 amide bonds. The third-order valence-corrected chi connectivity index (χ3v) is 4.00. The van der Waals surface area contributed by atoms with Gasteiger partial charge < -0.3 is 15.8 Å². The lowest BCUT2D eigenvalue weighted by molar-refractivity contribution is 0.292. The highest BCUT2D eigenvalue weighted by Crippen LogP contribution is 2.61. The molecule has 19 heavy (non-hydrogen) atoms. The van der Waals surface area contributed by atoms with Crippen LogP contribution in [0.25, 0.3) is 0 Å². The quantitative estimate of drug-likeness (QED) is 0.780. The van der Waals surface area contributed by atoms with E-state index in [0.29, 0.717) is 24.0 Å². The Bertz CT molecular complexity index is 456. The third-order valence-electron chi connectivity index (χ3n) is 4.00. The molecule has 3 N–H and O–H groups in total. The molecule has 6 heteroatoms. The largest absolute Gasteiger partial charge is 0.463 e. The van der Waals surface area contributed by atoms with E-state index in [0.717, 1.165) is 18.9 Å². The van der Waals surface area contributed by atoms with Gasteiger partial charge in [-0.3, -0.25) is 0 Å². The van der Waals surface area contributed by atoms with E-state index in [-0.39, 0.29) is 5.95 Å². The fourth-order valence-corrected chi connectivity index (χ4v) is 2.55. The van der Waals surface area contributed by atoms with Crippen molar-refractivity contribution >= 4 is 11.9 Å². The van der Waals surface area contributed by atoms with Crippen LogP contribution in [0.1, 0.15) is 39.0 Å². The molecule has 1 aromatic heterocycles. The lowest BCUT2D eigenvalue weighted by Gasteiger charge is -2.15. The third kappa shape index (κ3) is 2.88. The van der Waals surface area contributed by atoms with E-state index in [1.807, 2.05) is 6.92 Å². The van der Waals surface area contributed by atoms with Crippen molar-refractivity contribution in [1.82, 2.24) is 15.0 Å².